The number of hydrogen-bond donors (Lipinski definition) is 2. The smallest absolute Gasteiger partial charge is 0.264 e. The highest BCUT2D eigenvalue weighted by atomic mass is 35.5. The molecule has 2 heterocycles. The van der Waals surface area contributed by atoms with Crippen molar-refractivity contribution in [3.8, 4) is 0 Å². The third kappa shape index (κ3) is 4.28. The minimum absolute atomic E-state index is 0.0722. The number of rotatable bonds is 3. The lowest BCUT2D eigenvalue weighted by atomic mass is 10.0. The lowest BCUT2D eigenvalue weighted by Gasteiger charge is -2.24. The number of thiazole rings is 1. The molecule has 8 heteroatoms. The topological polar surface area (TPSA) is 77.3 Å². The maximum absolute atomic E-state index is 13.1. The molecule has 1 atom stereocenters. The molecule has 1 fully saturated rings. The van der Waals surface area contributed by atoms with E-state index in [0.717, 1.165) is 4.88 Å². The highest BCUT2D eigenvalue weighted by Crippen LogP contribution is 2.39. The zero-order valence-corrected chi connectivity index (χ0v) is 17.1. The predicted octanol–water partition coefficient (Wildman–Crippen LogP) is 5.36. The van der Waals surface area contributed by atoms with E-state index in [9.17, 15) is 9.90 Å². The summed E-state index contributed by atoms with van der Waals surface area (Å²) >= 11 is 8.49. The Morgan fingerprint density at radius 2 is 2.00 bits per heavy atom. The van der Waals surface area contributed by atoms with Crippen LogP contribution in [-0.4, -0.2) is 31.8 Å². The van der Waals surface area contributed by atoms with E-state index >= 15 is 0 Å². The fraction of sp³-hybridized carbons (Fsp3) is 0.278. The van der Waals surface area contributed by atoms with Gasteiger partial charge in [0.2, 0.25) is 0 Å². The van der Waals surface area contributed by atoms with Crippen LogP contribution >= 0.6 is 34.7 Å². The Morgan fingerprint density at radius 1 is 1.35 bits per heavy atom. The molecular weight excluding hydrogens is 390 g/mol. The van der Waals surface area contributed by atoms with Crippen LogP contribution in [0, 0.1) is 5.41 Å². The number of carbonyl (C=O) groups is 1. The Morgan fingerprint density at radius 3 is 2.54 bits per heavy atom. The number of nitrogens with one attached hydrogen (secondary N) is 1. The maximum atomic E-state index is 13.1. The van der Waals surface area contributed by atoms with Crippen molar-refractivity contribution < 1.29 is 9.90 Å². The number of hydrogen-bond acceptors (Lipinski definition) is 6. The minimum atomic E-state index is -0.397. The van der Waals surface area contributed by atoms with Gasteiger partial charge in [-0.2, -0.15) is 0 Å². The molecule has 1 aromatic heterocycles. The average molecular weight is 410 g/mol. The van der Waals surface area contributed by atoms with Crippen LogP contribution in [0.4, 0.5) is 0 Å². The fourth-order valence-electron chi connectivity index (χ4n) is 2.52. The van der Waals surface area contributed by atoms with E-state index in [4.69, 9.17) is 17.0 Å². The first kappa shape index (κ1) is 20.5. The summed E-state index contributed by atoms with van der Waals surface area (Å²) in [6.45, 7) is 5.48. The van der Waals surface area contributed by atoms with Gasteiger partial charge in [0.25, 0.3) is 5.91 Å². The number of aromatic nitrogens is 1. The van der Waals surface area contributed by atoms with Crippen molar-refractivity contribution >= 4 is 51.3 Å². The number of aliphatic hydroxyl groups is 1. The van der Waals surface area contributed by atoms with Crippen LogP contribution in [-0.2, 0) is 4.79 Å². The van der Waals surface area contributed by atoms with Gasteiger partial charge < -0.3 is 5.11 Å². The van der Waals surface area contributed by atoms with Gasteiger partial charge in [-0.15, -0.1) is 11.3 Å². The molecule has 0 aliphatic carbocycles. The van der Waals surface area contributed by atoms with E-state index in [1.165, 1.54) is 34.9 Å². The molecular formula is C18H20ClN3O2S2. The second kappa shape index (κ2) is 9.21. The number of amidine groups is 1. The number of halogens is 1. The summed E-state index contributed by atoms with van der Waals surface area (Å²) in [5, 5.41) is 18.4. The summed E-state index contributed by atoms with van der Waals surface area (Å²) in [6.07, 6.45) is 1.63. The zero-order valence-electron chi connectivity index (χ0n) is 14.7. The van der Waals surface area contributed by atoms with Crippen molar-refractivity contribution in [2.45, 2.75) is 26.8 Å². The molecule has 0 unspecified atom stereocenters. The number of amides is 1. The summed E-state index contributed by atoms with van der Waals surface area (Å²) in [7, 11) is 0. The number of benzene rings is 1. The van der Waals surface area contributed by atoms with Gasteiger partial charge >= 0.3 is 0 Å². The Balaban J connectivity index is 0.00000117. The van der Waals surface area contributed by atoms with E-state index in [1.807, 2.05) is 19.9 Å². The van der Waals surface area contributed by atoms with Crippen molar-refractivity contribution in [1.82, 2.24) is 9.88 Å². The highest BCUT2D eigenvalue weighted by Gasteiger charge is 2.38. The third-order valence-corrected chi connectivity index (χ3v) is 5.76. The molecule has 1 aliphatic rings. The summed E-state index contributed by atoms with van der Waals surface area (Å²) < 4.78 is 0.401. The van der Waals surface area contributed by atoms with Crippen molar-refractivity contribution in [2.75, 3.05) is 5.75 Å². The molecule has 138 valence electrons. The van der Waals surface area contributed by atoms with Gasteiger partial charge in [-0.25, -0.2) is 4.98 Å². The van der Waals surface area contributed by atoms with E-state index in [-0.39, 0.29) is 22.5 Å². The summed E-state index contributed by atoms with van der Waals surface area (Å²) in [4.78, 5) is 19.3. The van der Waals surface area contributed by atoms with Crippen LogP contribution in [0.1, 0.15) is 37.3 Å². The second-order valence-corrected chi connectivity index (χ2v) is 7.80. The van der Waals surface area contributed by atoms with Crippen molar-refractivity contribution in [3.05, 3.63) is 57.2 Å². The monoisotopic (exact) mass is 409 g/mol. The van der Waals surface area contributed by atoms with Crippen LogP contribution in [0.15, 0.2) is 42.3 Å². The SMILES string of the molecule is C/C(O)=C(\C(=O)N1C(=N)SC[C@@H]1c1cnc(Cl)s1)c1ccccc1.CC. The lowest BCUT2D eigenvalue weighted by Crippen LogP contribution is -2.34. The zero-order chi connectivity index (χ0) is 19.3. The number of aliphatic hydroxyl groups excluding tert-OH is 1. The van der Waals surface area contributed by atoms with Crippen LogP contribution in [0.2, 0.25) is 4.47 Å². The molecule has 0 saturated carbocycles. The van der Waals surface area contributed by atoms with Gasteiger partial charge in [-0.1, -0.05) is 67.5 Å². The number of carbonyl (C=O) groups excluding carboxylic acids is 1. The molecule has 2 N–H and O–H groups in total. The van der Waals surface area contributed by atoms with Crippen molar-refractivity contribution in [1.29, 1.82) is 5.41 Å². The molecule has 3 rings (SSSR count). The van der Waals surface area contributed by atoms with Crippen LogP contribution in [0.3, 0.4) is 0 Å². The fourth-order valence-corrected chi connectivity index (χ4v) is 4.66. The van der Waals surface area contributed by atoms with Crippen molar-refractivity contribution in [3.63, 3.8) is 0 Å². The van der Waals surface area contributed by atoms with Crippen LogP contribution < -0.4 is 0 Å². The van der Waals surface area contributed by atoms with Gasteiger partial charge in [0, 0.05) is 16.8 Å². The molecule has 1 amide bonds. The molecule has 0 radical (unpaired) electrons. The first-order valence-electron chi connectivity index (χ1n) is 8.10. The molecule has 1 aromatic carbocycles. The van der Waals surface area contributed by atoms with Gasteiger partial charge in [0.15, 0.2) is 9.63 Å². The first-order valence-corrected chi connectivity index (χ1v) is 10.3. The standard InChI is InChI=1S/C16H14ClN3O2S2.C2H6/c1-9(21)13(10-5-3-2-4-6-10)14(22)20-11(8-23-16(20)18)12-7-19-15(17)24-12;1-2/h2-7,11,18,21H,8H2,1H3;1-2H3/b13-9+,18-16?;/t11-;/m1./s1. The van der Waals surface area contributed by atoms with E-state index < -0.39 is 5.91 Å². The van der Waals surface area contributed by atoms with E-state index in [0.29, 0.717) is 15.8 Å². The van der Waals surface area contributed by atoms with Gasteiger partial charge in [0.05, 0.1) is 11.6 Å². The summed E-state index contributed by atoms with van der Waals surface area (Å²) in [5.41, 5.74) is 0.816. The lowest BCUT2D eigenvalue weighted by molar-refractivity contribution is -0.122. The quantitative estimate of drug-likeness (QED) is 0.528. The highest BCUT2D eigenvalue weighted by molar-refractivity contribution is 8.14. The molecule has 1 aliphatic heterocycles. The maximum Gasteiger partial charge on any atom is 0.264 e. The molecule has 2 aromatic rings. The molecule has 0 spiro atoms. The van der Waals surface area contributed by atoms with Gasteiger partial charge in [0.1, 0.15) is 5.76 Å². The molecule has 0 bridgehead atoms. The van der Waals surface area contributed by atoms with Gasteiger partial charge in [-0.05, 0) is 12.5 Å². The van der Waals surface area contributed by atoms with Crippen LogP contribution in [0.5, 0.6) is 0 Å². The number of allylic oxidation sites excluding steroid dienone is 1. The van der Waals surface area contributed by atoms with Crippen molar-refractivity contribution in [2.24, 2.45) is 0 Å². The second-order valence-electron chi connectivity index (χ2n) is 5.15. The Labute approximate surface area is 166 Å². The third-order valence-electron chi connectivity index (χ3n) is 3.59. The van der Waals surface area contributed by atoms with Gasteiger partial charge in [-0.3, -0.25) is 15.1 Å². The molecule has 5 nitrogen and oxygen atoms in total. The van der Waals surface area contributed by atoms with Crippen LogP contribution in [0.25, 0.3) is 5.57 Å². The number of thioether (sulfide) groups is 1. The summed E-state index contributed by atoms with van der Waals surface area (Å²) in [6, 6.07) is 8.66. The Kier molecular flexibility index (Phi) is 7.25. The minimum Gasteiger partial charge on any atom is -0.512 e. The number of nitrogens with zero attached hydrogens (tertiary/aromatic N) is 2. The Hall–Kier alpha value is -1.83. The first-order chi connectivity index (χ1) is 12.5. The normalized spacial score (nSPS) is 17.5. The molecule has 1 saturated heterocycles. The largest absolute Gasteiger partial charge is 0.512 e. The molecule has 26 heavy (non-hydrogen) atoms. The summed E-state index contributed by atoms with van der Waals surface area (Å²) in [5.74, 6) is 0.0954. The Bertz CT molecular complexity index is 817. The van der Waals surface area contributed by atoms with E-state index in [2.05, 4.69) is 4.98 Å². The predicted molar refractivity (Wildman–Crippen MR) is 110 cm³/mol. The van der Waals surface area contributed by atoms with E-state index in [1.54, 1.807) is 30.5 Å². The average Bonchev–Trinajstić information content (AvgIpc) is 3.23.